The summed E-state index contributed by atoms with van der Waals surface area (Å²) in [6, 6.07) is -2.34. The number of hydrogen-bond acceptors (Lipinski definition) is 11. The van der Waals surface area contributed by atoms with Gasteiger partial charge < -0.3 is 29.7 Å². The van der Waals surface area contributed by atoms with Crippen LogP contribution in [-0.4, -0.2) is 91.6 Å². The molecule has 304 valence electrons. The number of rotatable bonds is 13. The normalized spacial score (nSPS) is 27.5. The van der Waals surface area contributed by atoms with Gasteiger partial charge in [0.1, 0.15) is 35.1 Å². The molecule has 4 amide bonds. The zero-order valence-electron chi connectivity index (χ0n) is 33.2. The lowest BCUT2D eigenvalue weighted by molar-refractivity contribution is -0.143. The molecule has 0 spiro atoms. The first-order valence-corrected chi connectivity index (χ1v) is 20.0. The van der Waals surface area contributed by atoms with E-state index in [1.54, 1.807) is 73.0 Å². The van der Waals surface area contributed by atoms with E-state index in [9.17, 15) is 27.6 Å². The minimum atomic E-state index is -4.51. The number of allylic oxidation sites excluding steroid dienone is 4. The minimum Gasteiger partial charge on any atom is -0.497 e. The monoisotopic (exact) mass is 787 g/mol. The molecule has 2 aliphatic heterocycles. The quantitative estimate of drug-likeness (QED) is 0.222. The highest BCUT2D eigenvalue weighted by atomic mass is 32.2. The van der Waals surface area contributed by atoms with Crippen LogP contribution in [0.15, 0.2) is 66.1 Å². The smallest absolute Gasteiger partial charge is 0.408 e. The van der Waals surface area contributed by atoms with Crippen molar-refractivity contribution in [3.63, 3.8) is 0 Å². The van der Waals surface area contributed by atoms with Gasteiger partial charge in [-0.1, -0.05) is 52.8 Å². The summed E-state index contributed by atoms with van der Waals surface area (Å²) in [7, 11) is -2.97. The average molecular weight is 788 g/mol. The predicted octanol–water partition coefficient (Wildman–Crippen LogP) is 4.64. The third-order valence-electron chi connectivity index (χ3n) is 9.64. The fraction of sp³-hybridized carbons (Fsp3) is 0.615. The molecule has 16 heteroatoms. The second-order valence-electron chi connectivity index (χ2n) is 16.6. The van der Waals surface area contributed by atoms with E-state index in [0.29, 0.717) is 42.9 Å². The summed E-state index contributed by atoms with van der Waals surface area (Å²) in [6.45, 7) is 20.0. The standard InChI is InChI=1S/C39H57N5O10S/c1-11-17-38(18-19-38)54-55(49,50)43-34(47)39(23-26(39)12-2)42-32(45)29-22-28(52-30-15-13-14-27(51-10)21-25(3)16-20-40-30)24-44(29)33(46)31(36(4,5)6)41-35(48)53-37(7,8)9/h12-14,16,20-21,26,28-29,31H,2-3,11,15,17-19,22-24H2,1,4-10H3,(H,41,48)(H,42,45)(H,43,47)/b14-13-,20-16-,27-21+,40-30?/t26-,28-,29+,31-,39-/m1/s1. The second-order valence-corrected chi connectivity index (χ2v) is 17.9. The van der Waals surface area contributed by atoms with Crippen molar-refractivity contribution < 1.29 is 46.0 Å². The molecule has 2 heterocycles. The molecular formula is C39H57N5O10S. The molecule has 15 nitrogen and oxygen atoms in total. The molecule has 4 aliphatic rings. The first-order valence-electron chi connectivity index (χ1n) is 18.6. The summed E-state index contributed by atoms with van der Waals surface area (Å²) >= 11 is 0. The zero-order chi connectivity index (χ0) is 41.0. The summed E-state index contributed by atoms with van der Waals surface area (Å²) < 4.78 is 50.6. The zero-order valence-corrected chi connectivity index (χ0v) is 34.0. The summed E-state index contributed by atoms with van der Waals surface area (Å²) in [5, 5.41) is 5.45. The number of amides is 4. The summed E-state index contributed by atoms with van der Waals surface area (Å²) in [6.07, 6.45) is 11.0. The van der Waals surface area contributed by atoms with Gasteiger partial charge in [0.25, 0.3) is 5.91 Å². The molecule has 0 aromatic heterocycles. The first kappa shape index (κ1) is 43.3. The van der Waals surface area contributed by atoms with Crippen LogP contribution in [0.2, 0.25) is 0 Å². The Kier molecular flexibility index (Phi) is 13.2. The van der Waals surface area contributed by atoms with Crippen molar-refractivity contribution in [3.05, 3.63) is 61.1 Å². The predicted molar refractivity (Wildman–Crippen MR) is 206 cm³/mol. The fourth-order valence-corrected chi connectivity index (χ4v) is 7.77. The van der Waals surface area contributed by atoms with Crippen LogP contribution < -0.4 is 15.4 Å². The van der Waals surface area contributed by atoms with E-state index in [0.717, 1.165) is 0 Å². The molecule has 2 aliphatic carbocycles. The topological polar surface area (TPSA) is 191 Å². The van der Waals surface area contributed by atoms with Crippen molar-refractivity contribution >= 4 is 40.0 Å². The van der Waals surface area contributed by atoms with Gasteiger partial charge in [-0.25, -0.2) is 18.7 Å². The van der Waals surface area contributed by atoms with Crippen LogP contribution in [0.1, 0.15) is 93.4 Å². The third kappa shape index (κ3) is 11.5. The van der Waals surface area contributed by atoms with E-state index in [-0.39, 0.29) is 25.8 Å². The molecule has 3 fully saturated rings. The third-order valence-corrected chi connectivity index (χ3v) is 10.6. The fourth-order valence-electron chi connectivity index (χ4n) is 6.60. The first-order chi connectivity index (χ1) is 25.6. The van der Waals surface area contributed by atoms with Crippen LogP contribution in [0, 0.1) is 11.3 Å². The van der Waals surface area contributed by atoms with Gasteiger partial charge in [0.05, 0.1) is 19.3 Å². The van der Waals surface area contributed by atoms with Crippen LogP contribution in [0.4, 0.5) is 4.79 Å². The lowest BCUT2D eigenvalue weighted by Crippen LogP contribution is -2.60. The van der Waals surface area contributed by atoms with Gasteiger partial charge in [-0.15, -0.1) is 6.58 Å². The largest absolute Gasteiger partial charge is 0.497 e. The van der Waals surface area contributed by atoms with Crippen molar-refractivity contribution in [1.82, 2.24) is 20.3 Å². The maximum absolute atomic E-state index is 14.5. The molecular weight excluding hydrogens is 731 g/mol. The lowest BCUT2D eigenvalue weighted by Gasteiger charge is -2.36. The molecule has 0 aromatic carbocycles. The van der Waals surface area contributed by atoms with Gasteiger partial charge >= 0.3 is 16.4 Å². The lowest BCUT2D eigenvalue weighted by atomic mass is 9.85. The Morgan fingerprint density at radius 2 is 1.82 bits per heavy atom. The molecule has 2 saturated carbocycles. The number of methoxy groups -OCH3 is 1. The van der Waals surface area contributed by atoms with Crippen LogP contribution in [0.25, 0.3) is 0 Å². The number of hydrogen-bond donors (Lipinski definition) is 3. The van der Waals surface area contributed by atoms with Crippen LogP contribution >= 0.6 is 0 Å². The maximum Gasteiger partial charge on any atom is 0.408 e. The van der Waals surface area contributed by atoms with Gasteiger partial charge in [-0.3, -0.25) is 14.4 Å². The van der Waals surface area contributed by atoms with Crippen molar-refractivity contribution in [2.24, 2.45) is 16.3 Å². The van der Waals surface area contributed by atoms with Crippen molar-refractivity contribution in [1.29, 1.82) is 0 Å². The van der Waals surface area contributed by atoms with Gasteiger partial charge in [0.15, 0.2) is 5.90 Å². The Bertz CT molecular complexity index is 1770. The molecule has 5 atom stereocenters. The molecule has 55 heavy (non-hydrogen) atoms. The highest BCUT2D eigenvalue weighted by molar-refractivity contribution is 7.85. The van der Waals surface area contributed by atoms with Gasteiger partial charge in [-0.2, -0.15) is 8.42 Å². The number of nitrogens with one attached hydrogen (secondary N) is 3. The van der Waals surface area contributed by atoms with E-state index in [1.165, 1.54) is 17.2 Å². The van der Waals surface area contributed by atoms with Crippen molar-refractivity contribution in [2.75, 3.05) is 13.7 Å². The second kappa shape index (κ2) is 16.7. The number of nitrogens with zero attached hydrogens (tertiary/aromatic N) is 2. The van der Waals surface area contributed by atoms with E-state index < -0.39 is 80.4 Å². The molecule has 0 bridgehead atoms. The summed E-state index contributed by atoms with van der Waals surface area (Å²) in [5.41, 5.74) is -3.54. The highest BCUT2D eigenvalue weighted by Crippen LogP contribution is 2.47. The Balaban J connectivity index is 1.62. The number of carbonyl (C=O) groups is 4. The van der Waals surface area contributed by atoms with E-state index in [4.69, 9.17) is 18.4 Å². The molecule has 1 saturated heterocycles. The van der Waals surface area contributed by atoms with Gasteiger partial charge in [0, 0.05) is 25.0 Å². The molecule has 3 N–H and O–H groups in total. The molecule has 0 radical (unpaired) electrons. The van der Waals surface area contributed by atoms with Crippen LogP contribution in [-0.2, 0) is 43.1 Å². The number of aliphatic imine (C=N–C) groups is 1. The Morgan fingerprint density at radius 3 is 2.38 bits per heavy atom. The van der Waals surface area contributed by atoms with E-state index in [1.807, 2.05) is 11.6 Å². The van der Waals surface area contributed by atoms with E-state index in [2.05, 4.69) is 28.8 Å². The SMILES string of the molecule is C=C[C@@H]1C[C@]1(NC(=O)[C@@H]1C[C@@H](OC2=N/C=C\C(=C)/C=C(OC)\C=C/C2)CN1C(=O)[C@@H](NC(=O)OC(C)(C)C)C(C)(C)C)C(=O)NS(=O)(=O)OC1(CCC)CC1. The van der Waals surface area contributed by atoms with Crippen LogP contribution in [0.5, 0.6) is 0 Å². The van der Waals surface area contributed by atoms with Crippen molar-refractivity contribution in [2.45, 2.75) is 128 Å². The minimum absolute atomic E-state index is 0.0132. The Morgan fingerprint density at radius 1 is 1.13 bits per heavy atom. The van der Waals surface area contributed by atoms with Crippen LogP contribution in [0.3, 0.4) is 0 Å². The number of alkyl carbamates (subject to hydrolysis) is 1. The summed E-state index contributed by atoms with van der Waals surface area (Å²) in [4.78, 5) is 61.2. The van der Waals surface area contributed by atoms with Gasteiger partial charge in [0.2, 0.25) is 11.8 Å². The Labute approximate surface area is 325 Å². The van der Waals surface area contributed by atoms with Gasteiger partial charge in [-0.05, 0) is 75.7 Å². The summed E-state index contributed by atoms with van der Waals surface area (Å²) in [5.74, 6) is -2.00. The Hall–Kier alpha value is -4.44. The van der Waals surface area contributed by atoms with E-state index >= 15 is 0 Å². The maximum atomic E-state index is 14.5. The van der Waals surface area contributed by atoms with Crippen molar-refractivity contribution in [3.8, 4) is 0 Å². The molecule has 0 unspecified atom stereocenters. The molecule has 0 aromatic rings. The number of ether oxygens (including phenoxy) is 3. The highest BCUT2D eigenvalue weighted by Gasteiger charge is 2.62. The average Bonchev–Trinajstić information content (AvgIpc) is 3.94. The number of carbonyl (C=O) groups excluding carboxylic acids is 4. The molecule has 4 rings (SSSR count). The number of likely N-dealkylation sites (tertiary alicyclic amines) is 1.